The van der Waals surface area contributed by atoms with Gasteiger partial charge >= 0.3 is 0 Å². The first kappa shape index (κ1) is 19.1. The van der Waals surface area contributed by atoms with Gasteiger partial charge in [-0.15, -0.1) is 0 Å². The number of benzene rings is 1. The molecule has 2 heterocycles. The number of amides is 1. The molecule has 1 amide bonds. The van der Waals surface area contributed by atoms with Gasteiger partial charge in [-0.25, -0.2) is 0 Å². The summed E-state index contributed by atoms with van der Waals surface area (Å²) >= 11 is 1.66. The Morgan fingerprint density at radius 3 is 2.70 bits per heavy atom. The van der Waals surface area contributed by atoms with Crippen LogP contribution < -0.4 is 10.1 Å². The van der Waals surface area contributed by atoms with E-state index in [1.54, 1.807) is 17.5 Å². The number of nitrogens with zero attached hydrogens (tertiary/aromatic N) is 1. The fraction of sp³-hybridized carbons (Fsp3) is 0.273. The zero-order valence-corrected chi connectivity index (χ0v) is 16.3. The van der Waals surface area contributed by atoms with Crippen LogP contribution in [0.3, 0.4) is 0 Å². The van der Waals surface area contributed by atoms with E-state index in [-0.39, 0.29) is 5.91 Å². The topological polar surface area (TPSA) is 51.2 Å². The summed E-state index contributed by atoms with van der Waals surface area (Å²) in [6.45, 7) is 3.30. The van der Waals surface area contributed by atoms with Gasteiger partial charge in [-0.2, -0.15) is 11.3 Å². The molecule has 3 aromatic rings. The van der Waals surface area contributed by atoms with E-state index in [9.17, 15) is 4.79 Å². The van der Waals surface area contributed by atoms with Crippen LogP contribution in [-0.2, 0) is 17.8 Å². The van der Waals surface area contributed by atoms with Crippen LogP contribution in [-0.4, -0.2) is 17.5 Å². The highest BCUT2D eigenvalue weighted by atomic mass is 32.1. The maximum atomic E-state index is 12.2. The first-order valence-electron chi connectivity index (χ1n) is 9.19. The molecule has 1 aromatic carbocycles. The van der Waals surface area contributed by atoms with E-state index in [2.05, 4.69) is 34.7 Å². The van der Waals surface area contributed by atoms with Crippen molar-refractivity contribution in [2.45, 2.75) is 32.7 Å². The predicted molar refractivity (Wildman–Crippen MR) is 110 cm³/mol. The number of ether oxygens (including phenoxy) is 1. The summed E-state index contributed by atoms with van der Waals surface area (Å²) in [5.74, 6) is 0.922. The molecule has 0 bridgehead atoms. The first-order chi connectivity index (χ1) is 13.2. The Hall–Kier alpha value is -2.66. The van der Waals surface area contributed by atoms with Gasteiger partial charge in [0.15, 0.2) is 0 Å². The third-order valence-electron chi connectivity index (χ3n) is 4.18. The Balaban J connectivity index is 1.45. The minimum absolute atomic E-state index is 0.0437. The van der Waals surface area contributed by atoms with Crippen LogP contribution in [0.4, 0.5) is 0 Å². The number of hydrogen-bond acceptors (Lipinski definition) is 4. The molecule has 2 aromatic heterocycles. The van der Waals surface area contributed by atoms with E-state index in [0.717, 1.165) is 41.0 Å². The van der Waals surface area contributed by atoms with Crippen LogP contribution in [0.2, 0.25) is 0 Å². The lowest BCUT2D eigenvalue weighted by molar-refractivity contribution is -0.121. The second kappa shape index (κ2) is 9.88. The fourth-order valence-electron chi connectivity index (χ4n) is 2.69. The van der Waals surface area contributed by atoms with Crippen molar-refractivity contribution in [2.75, 3.05) is 6.61 Å². The zero-order valence-electron chi connectivity index (χ0n) is 15.5. The second-order valence-corrected chi connectivity index (χ2v) is 7.14. The summed E-state index contributed by atoms with van der Waals surface area (Å²) in [5.41, 5.74) is 4.38. The Labute approximate surface area is 164 Å². The molecule has 0 saturated carbocycles. The van der Waals surface area contributed by atoms with Crippen molar-refractivity contribution in [2.24, 2.45) is 0 Å². The lowest BCUT2D eigenvalue weighted by Gasteiger charge is -2.08. The lowest BCUT2D eigenvalue weighted by atomic mass is 10.1. The summed E-state index contributed by atoms with van der Waals surface area (Å²) in [6, 6.07) is 12.1. The number of aromatic nitrogens is 1. The van der Waals surface area contributed by atoms with Crippen molar-refractivity contribution in [3.63, 3.8) is 0 Å². The highest BCUT2D eigenvalue weighted by molar-refractivity contribution is 7.08. The SMILES string of the molecule is CCCOc1ccc(CCC(=O)NCc2cncc(-c3ccsc3)c2)cc1. The fourth-order valence-corrected chi connectivity index (χ4v) is 3.36. The van der Waals surface area contributed by atoms with Gasteiger partial charge in [-0.05, 0) is 64.6 Å². The molecular weight excluding hydrogens is 356 g/mol. The molecule has 0 aliphatic carbocycles. The molecule has 3 rings (SSSR count). The number of pyridine rings is 1. The zero-order chi connectivity index (χ0) is 18.9. The van der Waals surface area contributed by atoms with Crippen LogP contribution in [0.1, 0.15) is 30.9 Å². The van der Waals surface area contributed by atoms with Crippen LogP contribution in [0, 0.1) is 0 Å². The van der Waals surface area contributed by atoms with Crippen molar-refractivity contribution < 1.29 is 9.53 Å². The molecule has 5 heteroatoms. The van der Waals surface area contributed by atoms with E-state index >= 15 is 0 Å². The van der Waals surface area contributed by atoms with Gasteiger partial charge < -0.3 is 10.1 Å². The van der Waals surface area contributed by atoms with Gasteiger partial charge in [0.2, 0.25) is 5.91 Å². The molecule has 0 atom stereocenters. The third-order valence-corrected chi connectivity index (χ3v) is 4.86. The molecular formula is C22H24N2O2S. The summed E-state index contributed by atoms with van der Waals surface area (Å²) < 4.78 is 5.58. The summed E-state index contributed by atoms with van der Waals surface area (Å²) in [5, 5.41) is 7.12. The highest BCUT2D eigenvalue weighted by Gasteiger charge is 2.05. The summed E-state index contributed by atoms with van der Waals surface area (Å²) in [4.78, 5) is 16.4. The number of hydrogen-bond donors (Lipinski definition) is 1. The normalized spacial score (nSPS) is 10.6. The van der Waals surface area contributed by atoms with Crippen molar-refractivity contribution in [1.82, 2.24) is 10.3 Å². The minimum Gasteiger partial charge on any atom is -0.494 e. The molecule has 0 saturated heterocycles. The monoisotopic (exact) mass is 380 g/mol. The molecule has 0 radical (unpaired) electrons. The Morgan fingerprint density at radius 2 is 1.96 bits per heavy atom. The van der Waals surface area contributed by atoms with E-state index in [0.29, 0.717) is 19.4 Å². The molecule has 27 heavy (non-hydrogen) atoms. The maximum Gasteiger partial charge on any atom is 0.220 e. The van der Waals surface area contributed by atoms with Crippen LogP contribution >= 0.6 is 11.3 Å². The molecule has 0 spiro atoms. The van der Waals surface area contributed by atoms with Gasteiger partial charge in [0.25, 0.3) is 0 Å². The highest BCUT2D eigenvalue weighted by Crippen LogP contribution is 2.22. The molecule has 0 aliphatic rings. The molecule has 0 unspecified atom stereocenters. The van der Waals surface area contributed by atoms with Gasteiger partial charge in [-0.1, -0.05) is 19.1 Å². The van der Waals surface area contributed by atoms with Crippen molar-refractivity contribution in [3.8, 4) is 16.9 Å². The lowest BCUT2D eigenvalue weighted by Crippen LogP contribution is -2.23. The average Bonchev–Trinajstić information content (AvgIpc) is 3.25. The molecule has 140 valence electrons. The van der Waals surface area contributed by atoms with Gasteiger partial charge in [0.1, 0.15) is 5.75 Å². The summed E-state index contributed by atoms with van der Waals surface area (Å²) in [6.07, 6.45) is 5.82. The molecule has 0 aliphatic heterocycles. The Kier molecular flexibility index (Phi) is 6.99. The molecule has 0 fully saturated rings. The Bertz CT molecular complexity index is 845. The van der Waals surface area contributed by atoms with E-state index < -0.39 is 0 Å². The minimum atomic E-state index is 0.0437. The Morgan fingerprint density at radius 1 is 1.11 bits per heavy atom. The van der Waals surface area contributed by atoms with Gasteiger partial charge in [-0.3, -0.25) is 9.78 Å². The second-order valence-electron chi connectivity index (χ2n) is 6.36. The number of rotatable bonds is 9. The quantitative estimate of drug-likeness (QED) is 0.577. The van der Waals surface area contributed by atoms with Crippen molar-refractivity contribution in [3.05, 3.63) is 70.7 Å². The molecule has 1 N–H and O–H groups in total. The first-order valence-corrected chi connectivity index (χ1v) is 10.1. The van der Waals surface area contributed by atoms with Crippen molar-refractivity contribution >= 4 is 17.2 Å². The standard InChI is InChI=1S/C22H24N2O2S/c1-2-10-26-21-6-3-17(4-7-21)5-8-22(25)24-14-18-12-20(15-23-13-18)19-9-11-27-16-19/h3-4,6-7,9,11-13,15-16H,2,5,8,10,14H2,1H3,(H,24,25). The largest absolute Gasteiger partial charge is 0.494 e. The van der Waals surface area contributed by atoms with Crippen LogP contribution in [0.5, 0.6) is 5.75 Å². The van der Waals surface area contributed by atoms with Crippen LogP contribution in [0.25, 0.3) is 11.1 Å². The smallest absolute Gasteiger partial charge is 0.220 e. The number of carbonyl (C=O) groups excluding carboxylic acids is 1. The van der Waals surface area contributed by atoms with E-state index in [4.69, 9.17) is 4.74 Å². The average molecular weight is 381 g/mol. The van der Waals surface area contributed by atoms with E-state index in [1.807, 2.05) is 35.8 Å². The third kappa shape index (κ3) is 5.93. The van der Waals surface area contributed by atoms with Gasteiger partial charge in [0, 0.05) is 30.9 Å². The maximum absolute atomic E-state index is 12.2. The molecule has 4 nitrogen and oxygen atoms in total. The number of carbonyl (C=O) groups is 1. The van der Waals surface area contributed by atoms with E-state index in [1.165, 1.54) is 0 Å². The van der Waals surface area contributed by atoms with Crippen LogP contribution in [0.15, 0.2) is 59.6 Å². The van der Waals surface area contributed by atoms with Crippen molar-refractivity contribution in [1.29, 1.82) is 0 Å². The predicted octanol–water partition coefficient (Wildman–Crippen LogP) is 4.85. The summed E-state index contributed by atoms with van der Waals surface area (Å²) in [7, 11) is 0. The van der Waals surface area contributed by atoms with Gasteiger partial charge in [0.05, 0.1) is 6.61 Å². The number of nitrogens with one attached hydrogen (secondary N) is 1. The number of aryl methyl sites for hydroxylation is 1. The number of thiophene rings is 1.